The lowest BCUT2D eigenvalue weighted by molar-refractivity contribution is 0.414. The molecule has 0 heterocycles. The Labute approximate surface area is 112 Å². The number of aromatic hydroxyl groups is 1. The van der Waals surface area contributed by atoms with Crippen molar-refractivity contribution in [1.82, 2.24) is 0 Å². The number of phenols is 1. The second-order valence-electron chi connectivity index (χ2n) is 4.14. The zero-order valence-corrected chi connectivity index (χ0v) is 11.3. The fourth-order valence-electron chi connectivity index (χ4n) is 1.70. The lowest BCUT2D eigenvalue weighted by atomic mass is 10.2. The number of hydrogen-bond donors (Lipinski definition) is 1. The van der Waals surface area contributed by atoms with Gasteiger partial charge < -0.3 is 9.84 Å². The number of benzene rings is 2. The van der Waals surface area contributed by atoms with Crippen molar-refractivity contribution in [3.8, 4) is 11.5 Å². The standard InChI is InChI=1S/C15H16O2S/c1-11-7-13(16)9-15(8-11)18-10-12-3-5-14(17-2)6-4-12/h3-9,16H,10H2,1-2H3. The third-order valence-corrected chi connectivity index (χ3v) is 3.65. The van der Waals surface area contributed by atoms with Gasteiger partial charge in [0.25, 0.3) is 0 Å². The average Bonchev–Trinajstić information content (AvgIpc) is 2.36. The molecule has 0 fully saturated rings. The summed E-state index contributed by atoms with van der Waals surface area (Å²) in [4.78, 5) is 1.09. The fourth-order valence-corrected chi connectivity index (χ4v) is 2.70. The number of phenolic OH excluding ortho intramolecular Hbond substituents is 1. The molecule has 2 nitrogen and oxygen atoms in total. The molecule has 0 aliphatic carbocycles. The molecule has 0 saturated carbocycles. The van der Waals surface area contributed by atoms with E-state index in [0.29, 0.717) is 5.75 Å². The van der Waals surface area contributed by atoms with Crippen molar-refractivity contribution in [3.63, 3.8) is 0 Å². The molecule has 0 radical (unpaired) electrons. The van der Waals surface area contributed by atoms with Crippen LogP contribution in [-0.2, 0) is 5.75 Å². The Balaban J connectivity index is 2.01. The van der Waals surface area contributed by atoms with Crippen LogP contribution in [0.2, 0.25) is 0 Å². The minimum atomic E-state index is 0.326. The lowest BCUT2D eigenvalue weighted by Gasteiger charge is -2.05. The highest BCUT2D eigenvalue weighted by Gasteiger charge is 2.00. The van der Waals surface area contributed by atoms with E-state index in [4.69, 9.17) is 4.74 Å². The summed E-state index contributed by atoms with van der Waals surface area (Å²) in [6.45, 7) is 1.98. The van der Waals surface area contributed by atoms with Crippen LogP contribution in [-0.4, -0.2) is 12.2 Å². The van der Waals surface area contributed by atoms with Crippen LogP contribution in [0.25, 0.3) is 0 Å². The molecule has 0 unspecified atom stereocenters. The maximum absolute atomic E-state index is 9.53. The summed E-state index contributed by atoms with van der Waals surface area (Å²) in [6.07, 6.45) is 0. The van der Waals surface area contributed by atoms with Crippen LogP contribution in [0.15, 0.2) is 47.4 Å². The van der Waals surface area contributed by atoms with E-state index in [1.54, 1.807) is 31.0 Å². The first-order chi connectivity index (χ1) is 8.67. The van der Waals surface area contributed by atoms with Crippen LogP contribution in [0.5, 0.6) is 11.5 Å². The second-order valence-corrected chi connectivity index (χ2v) is 5.19. The van der Waals surface area contributed by atoms with E-state index in [0.717, 1.165) is 22.0 Å². The van der Waals surface area contributed by atoms with E-state index < -0.39 is 0 Å². The number of rotatable bonds is 4. The molecule has 94 valence electrons. The molecule has 1 N–H and O–H groups in total. The first-order valence-electron chi connectivity index (χ1n) is 5.74. The van der Waals surface area contributed by atoms with Gasteiger partial charge in [-0.1, -0.05) is 12.1 Å². The minimum absolute atomic E-state index is 0.326. The van der Waals surface area contributed by atoms with Gasteiger partial charge in [-0.2, -0.15) is 0 Å². The molecule has 2 rings (SSSR count). The highest BCUT2D eigenvalue weighted by Crippen LogP contribution is 2.27. The van der Waals surface area contributed by atoms with E-state index in [1.807, 2.05) is 19.1 Å². The van der Waals surface area contributed by atoms with Crippen molar-refractivity contribution in [2.45, 2.75) is 17.6 Å². The fraction of sp³-hybridized carbons (Fsp3) is 0.200. The first-order valence-corrected chi connectivity index (χ1v) is 6.72. The maximum atomic E-state index is 9.53. The smallest absolute Gasteiger partial charge is 0.118 e. The summed E-state index contributed by atoms with van der Waals surface area (Å²) in [5.41, 5.74) is 2.31. The van der Waals surface area contributed by atoms with Gasteiger partial charge in [-0.3, -0.25) is 0 Å². The minimum Gasteiger partial charge on any atom is -0.508 e. The third-order valence-electron chi connectivity index (χ3n) is 2.60. The van der Waals surface area contributed by atoms with Crippen LogP contribution < -0.4 is 4.74 Å². The molecule has 2 aromatic rings. The molecule has 0 atom stereocenters. The Morgan fingerprint density at radius 1 is 1.11 bits per heavy atom. The number of methoxy groups -OCH3 is 1. The Hall–Kier alpha value is -1.61. The van der Waals surface area contributed by atoms with Gasteiger partial charge in [0.1, 0.15) is 11.5 Å². The molecule has 18 heavy (non-hydrogen) atoms. The van der Waals surface area contributed by atoms with Gasteiger partial charge in [0.2, 0.25) is 0 Å². The monoisotopic (exact) mass is 260 g/mol. The molecule has 0 spiro atoms. The van der Waals surface area contributed by atoms with Crippen molar-refractivity contribution in [2.75, 3.05) is 7.11 Å². The molecule has 0 aliphatic rings. The number of ether oxygens (including phenoxy) is 1. The molecule has 0 aromatic heterocycles. The van der Waals surface area contributed by atoms with Crippen molar-refractivity contribution in [3.05, 3.63) is 53.6 Å². The van der Waals surface area contributed by atoms with Gasteiger partial charge in [-0.05, 0) is 48.4 Å². The molecule has 0 aliphatic heterocycles. The summed E-state index contributed by atoms with van der Waals surface area (Å²) in [6, 6.07) is 13.7. The largest absolute Gasteiger partial charge is 0.508 e. The Morgan fingerprint density at radius 3 is 2.44 bits per heavy atom. The quantitative estimate of drug-likeness (QED) is 0.842. The highest BCUT2D eigenvalue weighted by atomic mass is 32.2. The lowest BCUT2D eigenvalue weighted by Crippen LogP contribution is -1.84. The van der Waals surface area contributed by atoms with Crippen LogP contribution in [0, 0.1) is 6.92 Å². The maximum Gasteiger partial charge on any atom is 0.118 e. The van der Waals surface area contributed by atoms with Crippen LogP contribution in [0.4, 0.5) is 0 Å². The molecule has 0 saturated heterocycles. The van der Waals surface area contributed by atoms with Crippen molar-refractivity contribution >= 4 is 11.8 Å². The Kier molecular flexibility index (Phi) is 4.15. The molecule has 0 amide bonds. The van der Waals surface area contributed by atoms with Crippen molar-refractivity contribution < 1.29 is 9.84 Å². The van der Waals surface area contributed by atoms with E-state index in [2.05, 4.69) is 18.2 Å². The molecular formula is C15H16O2S. The molecule has 0 bridgehead atoms. The van der Waals surface area contributed by atoms with Crippen LogP contribution in [0.1, 0.15) is 11.1 Å². The van der Waals surface area contributed by atoms with E-state index in [-0.39, 0.29) is 0 Å². The summed E-state index contributed by atoms with van der Waals surface area (Å²) < 4.78 is 5.12. The third kappa shape index (κ3) is 3.44. The Bertz CT molecular complexity index is 500. The van der Waals surface area contributed by atoms with Crippen LogP contribution >= 0.6 is 11.8 Å². The predicted molar refractivity (Wildman–Crippen MR) is 75.4 cm³/mol. The average molecular weight is 260 g/mol. The molecule has 3 heteroatoms. The Morgan fingerprint density at radius 2 is 1.83 bits per heavy atom. The van der Waals surface area contributed by atoms with Gasteiger partial charge in [0.15, 0.2) is 0 Å². The SMILES string of the molecule is COc1ccc(CSc2cc(C)cc(O)c2)cc1. The number of thioether (sulfide) groups is 1. The summed E-state index contributed by atoms with van der Waals surface area (Å²) in [5.74, 6) is 2.08. The summed E-state index contributed by atoms with van der Waals surface area (Å²) >= 11 is 1.71. The zero-order valence-electron chi connectivity index (χ0n) is 10.5. The van der Waals surface area contributed by atoms with Gasteiger partial charge in [0.05, 0.1) is 7.11 Å². The number of hydrogen-bond acceptors (Lipinski definition) is 3. The predicted octanol–water partition coefficient (Wildman–Crippen LogP) is 4.00. The van der Waals surface area contributed by atoms with Crippen molar-refractivity contribution in [1.29, 1.82) is 0 Å². The van der Waals surface area contributed by atoms with E-state index in [1.165, 1.54) is 5.56 Å². The first kappa shape index (κ1) is 12.8. The highest BCUT2D eigenvalue weighted by molar-refractivity contribution is 7.98. The van der Waals surface area contributed by atoms with E-state index >= 15 is 0 Å². The topological polar surface area (TPSA) is 29.5 Å². The molecular weight excluding hydrogens is 244 g/mol. The summed E-state index contributed by atoms with van der Waals surface area (Å²) in [7, 11) is 1.67. The molecule has 2 aromatic carbocycles. The second kappa shape index (κ2) is 5.83. The normalized spacial score (nSPS) is 10.3. The zero-order chi connectivity index (χ0) is 13.0. The number of aryl methyl sites for hydroxylation is 1. The van der Waals surface area contributed by atoms with Crippen LogP contribution in [0.3, 0.4) is 0 Å². The summed E-state index contributed by atoms with van der Waals surface area (Å²) in [5, 5.41) is 9.53. The van der Waals surface area contributed by atoms with Crippen molar-refractivity contribution in [2.24, 2.45) is 0 Å². The van der Waals surface area contributed by atoms with Gasteiger partial charge >= 0.3 is 0 Å². The van der Waals surface area contributed by atoms with Gasteiger partial charge in [0, 0.05) is 10.6 Å². The van der Waals surface area contributed by atoms with Gasteiger partial charge in [-0.15, -0.1) is 11.8 Å². The van der Waals surface area contributed by atoms with Gasteiger partial charge in [-0.25, -0.2) is 0 Å². The van der Waals surface area contributed by atoms with E-state index in [9.17, 15) is 5.11 Å².